The molecule has 1 saturated carbocycles. The van der Waals surface area contributed by atoms with Crippen LogP contribution in [0.3, 0.4) is 0 Å². The second-order valence-corrected chi connectivity index (χ2v) is 6.24. The maximum absolute atomic E-state index is 12.4. The summed E-state index contributed by atoms with van der Waals surface area (Å²) in [5, 5.41) is 18.2. The van der Waals surface area contributed by atoms with E-state index in [-0.39, 0.29) is 28.9 Å². The van der Waals surface area contributed by atoms with Gasteiger partial charge in [-0.1, -0.05) is 19.8 Å². The van der Waals surface area contributed by atoms with Crippen LogP contribution in [0.5, 0.6) is 0 Å². The normalized spacial score (nSPS) is 20.5. The molecule has 0 radical (unpaired) electrons. The van der Waals surface area contributed by atoms with Crippen LogP contribution >= 0.6 is 0 Å². The maximum Gasteiger partial charge on any atom is 0.295 e. The number of aromatic nitrogens is 3. The number of nitrogens with zero attached hydrogens (tertiary/aromatic N) is 4. The molecule has 0 aliphatic heterocycles. The highest BCUT2D eigenvalue weighted by Gasteiger charge is 2.23. The molecule has 126 valence electrons. The van der Waals surface area contributed by atoms with E-state index >= 15 is 0 Å². The van der Waals surface area contributed by atoms with Crippen molar-refractivity contribution in [3.8, 4) is 5.69 Å². The molecule has 2 unspecified atom stereocenters. The highest BCUT2D eigenvalue weighted by Crippen LogP contribution is 2.26. The first-order valence-electron chi connectivity index (χ1n) is 7.99. The Morgan fingerprint density at radius 1 is 1.42 bits per heavy atom. The summed E-state index contributed by atoms with van der Waals surface area (Å²) >= 11 is 0. The number of carbonyl (C=O) groups is 1. The average Bonchev–Trinajstić information content (AvgIpc) is 3.08. The fourth-order valence-corrected chi connectivity index (χ4v) is 3.17. The second kappa shape index (κ2) is 6.77. The molecular weight excluding hydrogens is 310 g/mol. The number of rotatable bonds is 4. The van der Waals surface area contributed by atoms with Crippen LogP contribution in [0.15, 0.2) is 30.9 Å². The first-order valence-corrected chi connectivity index (χ1v) is 7.99. The van der Waals surface area contributed by atoms with Gasteiger partial charge in [-0.25, -0.2) is 9.67 Å². The second-order valence-electron chi connectivity index (χ2n) is 6.24. The molecule has 1 aliphatic carbocycles. The topological polar surface area (TPSA) is 103 Å². The molecule has 0 spiro atoms. The average molecular weight is 329 g/mol. The summed E-state index contributed by atoms with van der Waals surface area (Å²) in [6, 6.07) is 4.52. The Bertz CT molecular complexity index is 744. The van der Waals surface area contributed by atoms with E-state index in [0.29, 0.717) is 5.92 Å². The third-order valence-electron chi connectivity index (χ3n) is 4.37. The van der Waals surface area contributed by atoms with Crippen LogP contribution in [-0.4, -0.2) is 31.6 Å². The third kappa shape index (κ3) is 3.42. The van der Waals surface area contributed by atoms with Crippen molar-refractivity contribution in [1.82, 2.24) is 20.1 Å². The van der Waals surface area contributed by atoms with Crippen LogP contribution in [0.1, 0.15) is 43.0 Å². The fourth-order valence-electron chi connectivity index (χ4n) is 3.17. The lowest BCUT2D eigenvalue weighted by Crippen LogP contribution is -2.38. The van der Waals surface area contributed by atoms with Crippen LogP contribution < -0.4 is 5.32 Å². The molecule has 2 atom stereocenters. The van der Waals surface area contributed by atoms with Gasteiger partial charge in [0.05, 0.1) is 4.92 Å². The molecule has 1 amide bonds. The van der Waals surface area contributed by atoms with Gasteiger partial charge in [-0.2, -0.15) is 5.10 Å². The Labute approximate surface area is 139 Å². The minimum Gasteiger partial charge on any atom is -0.349 e. The van der Waals surface area contributed by atoms with E-state index in [2.05, 4.69) is 22.3 Å². The predicted octanol–water partition coefficient (Wildman–Crippen LogP) is 2.48. The summed E-state index contributed by atoms with van der Waals surface area (Å²) in [5.41, 5.74) is 0.384. The fraction of sp³-hybridized carbons (Fsp3) is 0.438. The van der Waals surface area contributed by atoms with Gasteiger partial charge in [0, 0.05) is 17.7 Å². The lowest BCUT2D eigenvalue weighted by Gasteiger charge is -2.27. The van der Waals surface area contributed by atoms with E-state index in [4.69, 9.17) is 0 Å². The lowest BCUT2D eigenvalue weighted by molar-refractivity contribution is -0.384. The van der Waals surface area contributed by atoms with Gasteiger partial charge in [0.15, 0.2) is 0 Å². The van der Waals surface area contributed by atoms with Gasteiger partial charge in [0.1, 0.15) is 18.3 Å². The molecule has 1 fully saturated rings. The summed E-state index contributed by atoms with van der Waals surface area (Å²) in [6.45, 7) is 2.18. The number of nitro benzene ring substituents is 1. The van der Waals surface area contributed by atoms with E-state index < -0.39 is 4.92 Å². The predicted molar refractivity (Wildman–Crippen MR) is 86.9 cm³/mol. The molecule has 3 rings (SSSR count). The van der Waals surface area contributed by atoms with Crippen molar-refractivity contribution >= 4 is 11.6 Å². The Morgan fingerprint density at radius 3 is 2.92 bits per heavy atom. The molecule has 1 aliphatic rings. The number of nitro groups is 1. The Hall–Kier alpha value is -2.77. The molecule has 8 heteroatoms. The molecule has 0 bridgehead atoms. The highest BCUT2D eigenvalue weighted by atomic mass is 16.6. The molecule has 2 aromatic rings. The van der Waals surface area contributed by atoms with Gasteiger partial charge in [-0.3, -0.25) is 14.9 Å². The molecule has 1 aromatic carbocycles. The van der Waals surface area contributed by atoms with E-state index in [9.17, 15) is 14.9 Å². The monoisotopic (exact) mass is 329 g/mol. The number of carbonyl (C=O) groups excluding carboxylic acids is 1. The number of hydrogen-bond acceptors (Lipinski definition) is 5. The van der Waals surface area contributed by atoms with Gasteiger partial charge in [-0.15, -0.1) is 0 Å². The molecule has 24 heavy (non-hydrogen) atoms. The number of hydrogen-bond donors (Lipinski definition) is 1. The SMILES string of the molecule is CC1CCCC(NC(=O)c2ccc(-n3cncn3)c([N+](=O)[O-])c2)C1. The Balaban J connectivity index is 1.82. The summed E-state index contributed by atoms with van der Waals surface area (Å²) < 4.78 is 1.31. The maximum atomic E-state index is 12.4. The van der Waals surface area contributed by atoms with Crippen molar-refractivity contribution in [3.05, 3.63) is 46.5 Å². The number of amides is 1. The van der Waals surface area contributed by atoms with E-state index in [1.807, 2.05) is 0 Å². The molecule has 1 N–H and O–H groups in total. The van der Waals surface area contributed by atoms with Gasteiger partial charge < -0.3 is 5.32 Å². The molecular formula is C16H19N5O3. The Kier molecular flexibility index (Phi) is 4.54. The van der Waals surface area contributed by atoms with Crippen molar-refractivity contribution in [2.45, 2.75) is 38.6 Å². The zero-order chi connectivity index (χ0) is 17.1. The van der Waals surface area contributed by atoms with Crippen molar-refractivity contribution < 1.29 is 9.72 Å². The zero-order valence-electron chi connectivity index (χ0n) is 13.4. The van der Waals surface area contributed by atoms with Gasteiger partial charge >= 0.3 is 0 Å². The molecule has 1 aromatic heterocycles. The van der Waals surface area contributed by atoms with Gasteiger partial charge in [0.2, 0.25) is 0 Å². The molecule has 1 heterocycles. The quantitative estimate of drug-likeness (QED) is 0.685. The molecule has 8 nitrogen and oxygen atoms in total. The summed E-state index contributed by atoms with van der Waals surface area (Å²) in [4.78, 5) is 27.0. The summed E-state index contributed by atoms with van der Waals surface area (Å²) in [6.07, 6.45) is 6.86. The van der Waals surface area contributed by atoms with E-state index in [1.165, 1.54) is 35.9 Å². The first-order chi connectivity index (χ1) is 11.5. The van der Waals surface area contributed by atoms with Gasteiger partial charge in [0.25, 0.3) is 11.6 Å². The van der Waals surface area contributed by atoms with E-state index in [0.717, 1.165) is 19.3 Å². The van der Waals surface area contributed by atoms with Crippen molar-refractivity contribution in [2.75, 3.05) is 0 Å². The smallest absolute Gasteiger partial charge is 0.295 e. The van der Waals surface area contributed by atoms with Crippen LogP contribution in [-0.2, 0) is 0 Å². The van der Waals surface area contributed by atoms with Crippen LogP contribution in [0.25, 0.3) is 5.69 Å². The van der Waals surface area contributed by atoms with Crippen LogP contribution in [0.4, 0.5) is 5.69 Å². The van der Waals surface area contributed by atoms with Crippen LogP contribution in [0.2, 0.25) is 0 Å². The third-order valence-corrected chi connectivity index (χ3v) is 4.37. The van der Waals surface area contributed by atoms with Crippen LogP contribution in [0, 0.1) is 16.0 Å². The standard InChI is InChI=1S/C16H19N5O3/c1-11-3-2-4-13(7-11)19-16(22)12-5-6-14(15(8-12)21(23)24)20-10-17-9-18-20/h5-6,8-11,13H,2-4,7H2,1H3,(H,19,22). The van der Waals surface area contributed by atoms with Crippen molar-refractivity contribution in [1.29, 1.82) is 0 Å². The number of benzene rings is 1. The first kappa shape index (κ1) is 16.1. The minimum absolute atomic E-state index is 0.135. The largest absolute Gasteiger partial charge is 0.349 e. The van der Waals surface area contributed by atoms with E-state index in [1.54, 1.807) is 6.07 Å². The summed E-state index contributed by atoms with van der Waals surface area (Å²) in [7, 11) is 0. The number of nitrogens with one attached hydrogen (secondary N) is 1. The zero-order valence-corrected chi connectivity index (χ0v) is 13.4. The molecule has 0 saturated heterocycles. The van der Waals surface area contributed by atoms with Crippen molar-refractivity contribution in [3.63, 3.8) is 0 Å². The highest BCUT2D eigenvalue weighted by molar-refractivity contribution is 5.95. The van der Waals surface area contributed by atoms with Gasteiger partial charge in [-0.05, 0) is 30.9 Å². The lowest BCUT2D eigenvalue weighted by atomic mass is 9.87. The van der Waals surface area contributed by atoms with Crippen molar-refractivity contribution in [2.24, 2.45) is 5.92 Å². The Morgan fingerprint density at radius 2 is 2.25 bits per heavy atom. The summed E-state index contributed by atoms with van der Waals surface area (Å²) in [5.74, 6) is 0.315. The minimum atomic E-state index is -0.517.